The van der Waals surface area contributed by atoms with Gasteiger partial charge in [-0.25, -0.2) is 14.2 Å². The Bertz CT molecular complexity index is 1250. The number of methoxy groups -OCH3 is 2. The number of aromatic nitrogens is 4. The number of esters is 1. The number of benzene rings is 2. The van der Waals surface area contributed by atoms with Gasteiger partial charge in [-0.2, -0.15) is 5.10 Å². The van der Waals surface area contributed by atoms with Gasteiger partial charge in [-0.15, -0.1) is 5.10 Å². The molecule has 0 saturated carbocycles. The number of nitrogens with zero attached hydrogens (tertiary/aromatic N) is 4. The van der Waals surface area contributed by atoms with E-state index in [1.807, 2.05) is 11.5 Å². The van der Waals surface area contributed by atoms with E-state index in [2.05, 4.69) is 15.2 Å². The van der Waals surface area contributed by atoms with Gasteiger partial charge in [0.1, 0.15) is 17.1 Å². The molecular formula is C22H19FN4O3. The number of carbonyl (C=O) groups excluding carboxylic acids is 1. The summed E-state index contributed by atoms with van der Waals surface area (Å²) in [6, 6.07) is 9.52. The summed E-state index contributed by atoms with van der Waals surface area (Å²) in [5, 5.41) is 8.26. The molecule has 4 rings (SSSR count). The van der Waals surface area contributed by atoms with E-state index in [9.17, 15) is 9.18 Å². The zero-order chi connectivity index (χ0) is 21.3. The van der Waals surface area contributed by atoms with Crippen molar-refractivity contribution in [3.8, 4) is 28.0 Å². The fraction of sp³-hybridized carbons (Fsp3) is 0.182. The fourth-order valence-electron chi connectivity index (χ4n) is 3.37. The van der Waals surface area contributed by atoms with Crippen LogP contribution in [0.3, 0.4) is 0 Å². The Morgan fingerprint density at radius 3 is 2.67 bits per heavy atom. The molecular weight excluding hydrogens is 387 g/mol. The van der Waals surface area contributed by atoms with E-state index in [-0.39, 0.29) is 0 Å². The lowest BCUT2D eigenvalue weighted by atomic mass is 9.97. The van der Waals surface area contributed by atoms with Crippen LogP contribution in [0.2, 0.25) is 0 Å². The van der Waals surface area contributed by atoms with E-state index in [0.29, 0.717) is 40.1 Å². The van der Waals surface area contributed by atoms with Crippen LogP contribution in [-0.4, -0.2) is 39.9 Å². The molecule has 0 aliphatic carbocycles. The van der Waals surface area contributed by atoms with Gasteiger partial charge in [0, 0.05) is 23.2 Å². The van der Waals surface area contributed by atoms with E-state index in [4.69, 9.17) is 9.47 Å². The SMILES string of the molecule is CCn1cnc2c(-c3ccc(F)c(-c4ccc(C(=O)OC)cc4OC)c3)cnnc21. The largest absolute Gasteiger partial charge is 0.496 e. The Kier molecular flexibility index (Phi) is 5.14. The molecule has 0 spiro atoms. The first-order valence-corrected chi connectivity index (χ1v) is 9.30. The molecule has 8 heteroatoms. The molecule has 0 amide bonds. The highest BCUT2D eigenvalue weighted by Crippen LogP contribution is 2.36. The minimum absolute atomic E-state index is 0.319. The van der Waals surface area contributed by atoms with Crippen LogP contribution in [-0.2, 0) is 11.3 Å². The summed E-state index contributed by atoms with van der Waals surface area (Å²) in [6.45, 7) is 2.71. The number of hydrogen-bond acceptors (Lipinski definition) is 6. The fourth-order valence-corrected chi connectivity index (χ4v) is 3.37. The third-order valence-electron chi connectivity index (χ3n) is 4.94. The maximum atomic E-state index is 14.8. The van der Waals surface area contributed by atoms with Gasteiger partial charge in [-0.1, -0.05) is 6.07 Å². The van der Waals surface area contributed by atoms with Crippen LogP contribution in [0, 0.1) is 5.82 Å². The molecule has 0 aliphatic rings. The average molecular weight is 406 g/mol. The first-order valence-electron chi connectivity index (χ1n) is 9.30. The average Bonchev–Trinajstić information content (AvgIpc) is 3.22. The molecule has 0 aliphatic heterocycles. The van der Waals surface area contributed by atoms with E-state index >= 15 is 0 Å². The number of fused-ring (bicyclic) bond motifs is 1. The molecule has 0 saturated heterocycles. The lowest BCUT2D eigenvalue weighted by Gasteiger charge is -2.13. The lowest BCUT2D eigenvalue weighted by molar-refractivity contribution is 0.0600. The van der Waals surface area contributed by atoms with Crippen molar-refractivity contribution in [1.82, 2.24) is 19.7 Å². The molecule has 30 heavy (non-hydrogen) atoms. The summed E-state index contributed by atoms with van der Waals surface area (Å²) in [5.74, 6) is -0.548. The summed E-state index contributed by atoms with van der Waals surface area (Å²) >= 11 is 0. The van der Waals surface area contributed by atoms with Gasteiger partial charge in [-0.05, 0) is 42.8 Å². The van der Waals surface area contributed by atoms with Crippen molar-refractivity contribution >= 4 is 17.1 Å². The van der Waals surface area contributed by atoms with Crippen LogP contribution < -0.4 is 4.74 Å². The van der Waals surface area contributed by atoms with Crippen LogP contribution in [0.15, 0.2) is 48.9 Å². The number of rotatable bonds is 5. The third-order valence-corrected chi connectivity index (χ3v) is 4.94. The van der Waals surface area contributed by atoms with Gasteiger partial charge in [0.2, 0.25) is 0 Å². The topological polar surface area (TPSA) is 79.1 Å². The molecule has 2 heterocycles. The zero-order valence-electron chi connectivity index (χ0n) is 16.7. The summed E-state index contributed by atoms with van der Waals surface area (Å²) in [6.07, 6.45) is 3.33. The number of aryl methyl sites for hydroxylation is 1. The molecule has 2 aromatic carbocycles. The summed E-state index contributed by atoms with van der Waals surface area (Å²) in [4.78, 5) is 16.3. The van der Waals surface area contributed by atoms with E-state index in [0.717, 1.165) is 11.1 Å². The molecule has 0 bridgehead atoms. The van der Waals surface area contributed by atoms with Crippen LogP contribution in [0.25, 0.3) is 33.4 Å². The van der Waals surface area contributed by atoms with Gasteiger partial charge < -0.3 is 14.0 Å². The van der Waals surface area contributed by atoms with Crippen molar-refractivity contribution in [2.45, 2.75) is 13.5 Å². The van der Waals surface area contributed by atoms with Crippen molar-refractivity contribution in [1.29, 1.82) is 0 Å². The van der Waals surface area contributed by atoms with Gasteiger partial charge >= 0.3 is 5.97 Å². The van der Waals surface area contributed by atoms with Gasteiger partial charge in [-0.3, -0.25) is 0 Å². The van der Waals surface area contributed by atoms with Crippen molar-refractivity contribution in [2.24, 2.45) is 0 Å². The second kappa shape index (κ2) is 7.90. The van der Waals surface area contributed by atoms with Crippen molar-refractivity contribution < 1.29 is 18.7 Å². The maximum absolute atomic E-state index is 14.8. The number of ether oxygens (including phenoxy) is 2. The molecule has 4 aromatic rings. The Balaban J connectivity index is 1.86. The molecule has 0 atom stereocenters. The Morgan fingerprint density at radius 1 is 1.10 bits per heavy atom. The standard InChI is InChI=1S/C22H19FN4O3/c1-4-27-12-24-20-17(11-25-26-21(20)27)13-6-8-18(23)16(9-13)15-7-5-14(22(28)30-3)10-19(15)29-2/h5-12H,4H2,1-3H3. The molecule has 2 aromatic heterocycles. The number of hydrogen-bond donors (Lipinski definition) is 0. The highest BCUT2D eigenvalue weighted by molar-refractivity contribution is 5.93. The Labute approximate surface area is 172 Å². The Morgan fingerprint density at radius 2 is 1.93 bits per heavy atom. The van der Waals surface area contributed by atoms with Crippen LogP contribution in [0.5, 0.6) is 5.75 Å². The molecule has 0 unspecified atom stereocenters. The predicted molar refractivity (Wildman–Crippen MR) is 110 cm³/mol. The van der Waals surface area contributed by atoms with Gasteiger partial charge in [0.25, 0.3) is 0 Å². The highest BCUT2D eigenvalue weighted by atomic mass is 19.1. The molecule has 0 radical (unpaired) electrons. The number of halogens is 1. The highest BCUT2D eigenvalue weighted by Gasteiger charge is 2.17. The Hall–Kier alpha value is -3.81. The number of carbonyl (C=O) groups is 1. The second-order valence-corrected chi connectivity index (χ2v) is 6.56. The predicted octanol–water partition coefficient (Wildman–Crippen LogP) is 4.11. The molecule has 0 N–H and O–H groups in total. The van der Waals surface area contributed by atoms with Crippen LogP contribution >= 0.6 is 0 Å². The quantitative estimate of drug-likeness (QED) is 0.464. The van der Waals surface area contributed by atoms with Gasteiger partial charge in [0.05, 0.1) is 32.3 Å². The minimum Gasteiger partial charge on any atom is -0.496 e. The lowest BCUT2D eigenvalue weighted by Crippen LogP contribution is -2.02. The summed E-state index contributed by atoms with van der Waals surface area (Å²) < 4.78 is 26.8. The number of imidazole rings is 1. The van der Waals surface area contributed by atoms with Gasteiger partial charge in [0.15, 0.2) is 5.65 Å². The monoisotopic (exact) mass is 406 g/mol. The van der Waals surface area contributed by atoms with Crippen molar-refractivity contribution in [3.05, 3.63) is 60.3 Å². The first kappa shape index (κ1) is 19.5. The molecule has 0 fully saturated rings. The van der Waals surface area contributed by atoms with Crippen LogP contribution in [0.4, 0.5) is 4.39 Å². The van der Waals surface area contributed by atoms with E-state index < -0.39 is 11.8 Å². The third kappa shape index (κ3) is 3.26. The normalized spacial score (nSPS) is 10.9. The first-order chi connectivity index (χ1) is 14.6. The smallest absolute Gasteiger partial charge is 0.337 e. The minimum atomic E-state index is -0.495. The second-order valence-electron chi connectivity index (χ2n) is 6.56. The zero-order valence-corrected chi connectivity index (χ0v) is 16.7. The summed E-state index contributed by atoms with van der Waals surface area (Å²) in [5.41, 5.74) is 4.02. The summed E-state index contributed by atoms with van der Waals surface area (Å²) in [7, 11) is 2.77. The molecule has 152 valence electrons. The van der Waals surface area contributed by atoms with Crippen LogP contribution in [0.1, 0.15) is 17.3 Å². The van der Waals surface area contributed by atoms with Crippen molar-refractivity contribution in [2.75, 3.05) is 14.2 Å². The van der Waals surface area contributed by atoms with E-state index in [1.54, 1.807) is 36.8 Å². The maximum Gasteiger partial charge on any atom is 0.337 e. The van der Waals surface area contributed by atoms with E-state index in [1.165, 1.54) is 26.4 Å². The van der Waals surface area contributed by atoms with Crippen molar-refractivity contribution in [3.63, 3.8) is 0 Å². The molecule has 7 nitrogen and oxygen atoms in total.